The topological polar surface area (TPSA) is 155 Å². The monoisotopic (exact) mass is 475 g/mol. The van der Waals surface area contributed by atoms with E-state index in [2.05, 4.69) is 25.3 Å². The second-order valence-electron chi connectivity index (χ2n) is 7.34. The van der Waals surface area contributed by atoms with E-state index in [9.17, 15) is 22.2 Å². The molecule has 1 saturated heterocycles. The third-order valence-corrected chi connectivity index (χ3v) is 6.57. The molecule has 14 heteroatoms. The van der Waals surface area contributed by atoms with Crippen LogP contribution in [0.5, 0.6) is 0 Å². The van der Waals surface area contributed by atoms with Crippen molar-refractivity contribution in [3.8, 4) is 0 Å². The number of alkyl halides is 3. The zero-order chi connectivity index (χ0) is 23.7. The molecule has 6 N–H and O–H groups in total. The summed E-state index contributed by atoms with van der Waals surface area (Å²) < 4.78 is 62.0. The number of nitrogens with zero attached hydrogens (tertiary/aromatic N) is 2. The van der Waals surface area contributed by atoms with Crippen LogP contribution < -0.4 is 21.1 Å². The zero-order valence-electron chi connectivity index (χ0n) is 17.4. The number of urea groups is 1. The van der Waals surface area contributed by atoms with E-state index in [1.807, 2.05) is 0 Å². The van der Waals surface area contributed by atoms with Gasteiger partial charge in [0.2, 0.25) is 5.88 Å². The molecule has 1 aliphatic heterocycles. The molecule has 0 saturated carbocycles. The molecule has 2 amide bonds. The highest BCUT2D eigenvalue weighted by Gasteiger charge is 2.38. The lowest BCUT2D eigenvalue weighted by Crippen LogP contribution is -2.45. The summed E-state index contributed by atoms with van der Waals surface area (Å²) in [4.78, 5) is 15.9. The summed E-state index contributed by atoms with van der Waals surface area (Å²) in [6.07, 6.45) is -2.65. The van der Waals surface area contributed by atoms with E-state index in [0.717, 1.165) is 0 Å². The van der Waals surface area contributed by atoms with E-state index in [1.165, 1.54) is 6.92 Å². The summed E-state index contributed by atoms with van der Waals surface area (Å²) in [5, 5.41) is 21.4. The van der Waals surface area contributed by atoms with Crippen LogP contribution in [0.4, 0.5) is 23.7 Å². The normalized spacial score (nSPS) is 21.5. The molecule has 0 aromatic carbocycles. The summed E-state index contributed by atoms with van der Waals surface area (Å²) in [6.45, 7) is 1.81. The third kappa shape index (κ3) is 4.86. The Bertz CT molecular complexity index is 1080. The zero-order valence-corrected chi connectivity index (χ0v) is 18.2. The summed E-state index contributed by atoms with van der Waals surface area (Å²) in [7, 11) is -2.20. The van der Waals surface area contributed by atoms with Crippen molar-refractivity contribution in [2.24, 2.45) is 9.50 Å². The smallest absolute Gasteiger partial charge is 0.433 e. The van der Waals surface area contributed by atoms with E-state index in [-0.39, 0.29) is 40.4 Å². The van der Waals surface area contributed by atoms with Gasteiger partial charge < -0.3 is 26.1 Å². The molecule has 1 aromatic heterocycles. The van der Waals surface area contributed by atoms with Gasteiger partial charge in [-0.05, 0) is 38.8 Å². The minimum atomic E-state index is -4.70. The first-order valence-electron chi connectivity index (χ1n) is 9.72. The van der Waals surface area contributed by atoms with Gasteiger partial charge in [-0.2, -0.15) is 13.2 Å². The van der Waals surface area contributed by atoms with E-state index in [0.29, 0.717) is 37.6 Å². The number of aryl methyl sites for hydroxylation is 1. The number of allylic oxidation sites excluding steroid dienone is 1. The van der Waals surface area contributed by atoms with Crippen LogP contribution in [0.1, 0.15) is 28.9 Å². The first-order chi connectivity index (χ1) is 15.0. The minimum absolute atomic E-state index is 0.0283. The first-order valence-corrected chi connectivity index (χ1v) is 11.3. The fourth-order valence-electron chi connectivity index (χ4n) is 3.57. The van der Waals surface area contributed by atoms with Gasteiger partial charge in [0, 0.05) is 24.0 Å². The molecule has 1 aromatic rings. The summed E-state index contributed by atoms with van der Waals surface area (Å²) in [5.41, 5.74) is -0.664. The van der Waals surface area contributed by atoms with Crippen LogP contribution in [0.25, 0.3) is 0 Å². The fourth-order valence-corrected chi connectivity index (χ4v) is 4.52. The Morgan fingerprint density at radius 3 is 2.72 bits per heavy atom. The van der Waals surface area contributed by atoms with Gasteiger partial charge in [0.05, 0.1) is 11.7 Å². The number of pyridine rings is 1. The number of halogens is 3. The SMILES string of the molecule is CN[C@@H]1CN/C(=C(\C=N)S(N)(=O)=NC(=O)Nc2c(C)c(C(F)(F)F)nc3c2CCC3)OC1. The Hall–Kier alpha value is -2.71. The van der Waals surface area contributed by atoms with Crippen LogP contribution >= 0.6 is 0 Å². The van der Waals surface area contributed by atoms with Crippen molar-refractivity contribution in [2.45, 2.75) is 38.4 Å². The number of anilines is 1. The van der Waals surface area contributed by atoms with E-state index < -0.39 is 27.8 Å². The van der Waals surface area contributed by atoms with Gasteiger partial charge in [-0.15, -0.1) is 4.36 Å². The number of hydrogen-bond acceptors (Lipinski definition) is 7. The predicted octanol–water partition coefficient (Wildman–Crippen LogP) is 1.80. The van der Waals surface area contributed by atoms with Crippen molar-refractivity contribution in [3.05, 3.63) is 33.3 Å². The average molecular weight is 475 g/mol. The molecule has 176 valence electrons. The van der Waals surface area contributed by atoms with Crippen molar-refractivity contribution in [1.82, 2.24) is 15.6 Å². The van der Waals surface area contributed by atoms with Gasteiger partial charge in [0.15, 0.2) is 9.92 Å². The first kappa shape index (κ1) is 23.9. The number of carbonyl (C=O) groups excluding carboxylic acids is 1. The maximum absolute atomic E-state index is 13.4. The molecule has 10 nitrogen and oxygen atoms in total. The highest BCUT2D eigenvalue weighted by atomic mass is 32.2. The molecule has 3 rings (SSSR count). The van der Waals surface area contributed by atoms with Crippen molar-refractivity contribution in [3.63, 3.8) is 0 Å². The average Bonchev–Trinajstić information content (AvgIpc) is 3.18. The van der Waals surface area contributed by atoms with Crippen molar-refractivity contribution >= 4 is 27.8 Å². The number of fused-ring (bicyclic) bond motifs is 1. The largest absolute Gasteiger partial charge is 0.477 e. The lowest BCUT2D eigenvalue weighted by molar-refractivity contribution is -0.141. The van der Waals surface area contributed by atoms with E-state index in [4.69, 9.17) is 15.3 Å². The lowest BCUT2D eigenvalue weighted by Gasteiger charge is -2.27. The van der Waals surface area contributed by atoms with Crippen LogP contribution in [0, 0.1) is 12.3 Å². The number of ether oxygens (including phenoxy) is 1. The number of likely N-dealkylation sites (N-methyl/N-ethyl adjacent to an activating group) is 1. The van der Waals surface area contributed by atoms with Gasteiger partial charge in [-0.3, -0.25) is 0 Å². The maximum Gasteiger partial charge on any atom is 0.433 e. The van der Waals surface area contributed by atoms with Gasteiger partial charge in [0.25, 0.3) is 0 Å². The Labute approximate surface area is 183 Å². The highest BCUT2D eigenvalue weighted by Crippen LogP contribution is 2.38. The van der Waals surface area contributed by atoms with Crippen molar-refractivity contribution < 1.29 is 26.9 Å². The number of carbonyl (C=O) groups is 1. The van der Waals surface area contributed by atoms with Crippen molar-refractivity contribution in [2.75, 3.05) is 25.5 Å². The van der Waals surface area contributed by atoms with Crippen LogP contribution in [-0.4, -0.2) is 47.7 Å². The molecular formula is C18H24F3N7O3S. The van der Waals surface area contributed by atoms with Crippen LogP contribution in [0.2, 0.25) is 0 Å². The number of rotatable bonds is 4. The minimum Gasteiger partial charge on any atom is -0.477 e. The Kier molecular flexibility index (Phi) is 6.76. The number of aromatic nitrogens is 1. The maximum atomic E-state index is 13.4. The second-order valence-corrected chi connectivity index (χ2v) is 9.10. The predicted molar refractivity (Wildman–Crippen MR) is 112 cm³/mol. The highest BCUT2D eigenvalue weighted by molar-refractivity contribution is 7.96. The molecule has 2 aliphatic rings. The third-order valence-electron chi connectivity index (χ3n) is 5.20. The Morgan fingerprint density at radius 1 is 1.44 bits per heavy atom. The molecule has 2 atom stereocenters. The molecule has 32 heavy (non-hydrogen) atoms. The number of hydrogen-bond donors (Lipinski definition) is 5. The van der Waals surface area contributed by atoms with Gasteiger partial charge >= 0.3 is 12.2 Å². The van der Waals surface area contributed by atoms with Crippen LogP contribution in [0.15, 0.2) is 15.2 Å². The molecule has 2 heterocycles. The second kappa shape index (κ2) is 9.03. The lowest BCUT2D eigenvalue weighted by atomic mass is 10.1. The standard InChI is InChI=1S/C18H24F3N7O3S/c1-9-14(11-4-3-5-12(11)26-15(9)18(19,20)21)27-17(29)28-32(23,30)13(6-22)16-25-7-10(24-2)8-31-16/h6,10,22,24-25H,3-5,7-8H2,1-2H3,(H3,23,26,27,28,29,30)/b16-13-,22-6?/t10-,32?/m1/s1. The number of nitrogens with one attached hydrogen (secondary N) is 4. The molecule has 1 fully saturated rings. The van der Waals surface area contributed by atoms with Crippen molar-refractivity contribution in [1.29, 1.82) is 5.41 Å². The van der Waals surface area contributed by atoms with E-state index in [1.54, 1.807) is 7.05 Å². The quantitative estimate of drug-likeness (QED) is 0.418. The summed E-state index contributed by atoms with van der Waals surface area (Å²) in [5.74, 6) is -0.0455. The molecule has 1 aliphatic carbocycles. The molecule has 0 bridgehead atoms. The number of amides is 2. The molecule has 0 radical (unpaired) electrons. The van der Waals surface area contributed by atoms with Crippen LogP contribution in [-0.2, 0) is 33.7 Å². The summed E-state index contributed by atoms with van der Waals surface area (Å²) >= 11 is 0. The van der Waals surface area contributed by atoms with Gasteiger partial charge in [-0.25, -0.2) is 19.1 Å². The Morgan fingerprint density at radius 2 is 2.16 bits per heavy atom. The van der Waals surface area contributed by atoms with Crippen LogP contribution in [0.3, 0.4) is 0 Å². The Balaban J connectivity index is 1.95. The van der Waals surface area contributed by atoms with E-state index >= 15 is 0 Å². The van der Waals surface area contributed by atoms with Gasteiger partial charge in [-0.1, -0.05) is 0 Å². The molecule has 1 unspecified atom stereocenters. The molecule has 0 spiro atoms. The summed E-state index contributed by atoms with van der Waals surface area (Å²) in [6, 6.07) is -1.22. The molecular weight excluding hydrogens is 451 g/mol. The number of nitrogens with two attached hydrogens (primary N) is 1. The fraction of sp³-hybridized carbons (Fsp3) is 0.500. The van der Waals surface area contributed by atoms with Gasteiger partial charge in [0.1, 0.15) is 17.2 Å².